The van der Waals surface area contributed by atoms with Crippen LogP contribution in [0.25, 0.3) is 0 Å². The zero-order valence-corrected chi connectivity index (χ0v) is 15.0. The smallest absolute Gasteiger partial charge is 0.204 e. The molecule has 1 unspecified atom stereocenters. The lowest BCUT2D eigenvalue weighted by molar-refractivity contribution is 0.169. The summed E-state index contributed by atoms with van der Waals surface area (Å²) in [7, 11) is 0. The van der Waals surface area contributed by atoms with Gasteiger partial charge in [0, 0.05) is 11.1 Å². The van der Waals surface area contributed by atoms with E-state index < -0.39 is 6.29 Å². The van der Waals surface area contributed by atoms with E-state index >= 15 is 0 Å². The van der Waals surface area contributed by atoms with Crippen LogP contribution in [-0.2, 0) is 0 Å². The highest BCUT2D eigenvalue weighted by atomic mass is 15.5. The lowest BCUT2D eigenvalue weighted by atomic mass is 10.1. The number of guanidine groups is 2. The van der Waals surface area contributed by atoms with E-state index in [1.165, 1.54) is 0 Å². The molecule has 0 saturated heterocycles. The molecule has 1 atom stereocenters. The maximum absolute atomic E-state index is 6.26. The molecular weight excluding hydrogens is 264 g/mol. The molecule has 0 spiro atoms. The van der Waals surface area contributed by atoms with E-state index in [0.717, 1.165) is 5.96 Å². The molecule has 0 aromatic carbocycles. The fraction of sp³-hybridized carbons (Fsp3) is 0.867. The van der Waals surface area contributed by atoms with E-state index in [1.807, 2.05) is 4.90 Å². The molecule has 0 aliphatic carbocycles. The summed E-state index contributed by atoms with van der Waals surface area (Å²) in [5.74, 6) is 1.42. The van der Waals surface area contributed by atoms with Crippen LogP contribution < -0.4 is 16.4 Å². The number of aliphatic imine (C=N–C) groups is 2. The van der Waals surface area contributed by atoms with Gasteiger partial charge in [0.1, 0.15) is 0 Å². The minimum atomic E-state index is -0.461. The van der Waals surface area contributed by atoms with Crippen LogP contribution in [0.1, 0.15) is 62.3 Å². The van der Waals surface area contributed by atoms with Crippen molar-refractivity contribution in [1.29, 1.82) is 0 Å². The molecule has 1 rings (SSSR count). The Morgan fingerprint density at radius 2 is 1.62 bits per heavy atom. The fourth-order valence-corrected chi connectivity index (χ4v) is 2.05. The van der Waals surface area contributed by atoms with Crippen molar-refractivity contribution in [2.75, 3.05) is 0 Å². The van der Waals surface area contributed by atoms with Gasteiger partial charge in [0.05, 0.1) is 5.54 Å². The summed E-state index contributed by atoms with van der Waals surface area (Å²) in [6.45, 7) is 18.8. The normalized spacial score (nSPS) is 23.0. The number of nitrogens with zero attached hydrogens (tertiary/aromatic N) is 3. The number of nitrogens with one attached hydrogen (secondary N) is 2. The SMILES string of the molecule is CC(C)(C)N=C1NC(NC(C)(C)C)=NC(N)N1C(C)(C)C. The quantitative estimate of drug-likeness (QED) is 0.637. The highest BCUT2D eigenvalue weighted by Crippen LogP contribution is 2.20. The minimum Gasteiger partial charge on any atom is -0.351 e. The highest BCUT2D eigenvalue weighted by molar-refractivity contribution is 6.01. The Kier molecular flexibility index (Phi) is 4.63. The van der Waals surface area contributed by atoms with Crippen LogP contribution in [0.5, 0.6) is 0 Å². The molecule has 0 aromatic heterocycles. The van der Waals surface area contributed by atoms with Gasteiger partial charge in [-0.05, 0) is 62.3 Å². The first-order valence-electron chi connectivity index (χ1n) is 7.47. The van der Waals surface area contributed by atoms with Crippen LogP contribution in [0, 0.1) is 0 Å². The van der Waals surface area contributed by atoms with Gasteiger partial charge in [0.2, 0.25) is 11.9 Å². The van der Waals surface area contributed by atoms with Gasteiger partial charge in [-0.2, -0.15) is 0 Å². The first-order valence-corrected chi connectivity index (χ1v) is 7.47. The highest BCUT2D eigenvalue weighted by Gasteiger charge is 2.35. The molecule has 0 bridgehead atoms. The van der Waals surface area contributed by atoms with Gasteiger partial charge in [0.25, 0.3) is 0 Å². The fourth-order valence-electron chi connectivity index (χ4n) is 2.05. The van der Waals surface area contributed by atoms with Crippen molar-refractivity contribution in [3.63, 3.8) is 0 Å². The van der Waals surface area contributed by atoms with Gasteiger partial charge < -0.3 is 10.2 Å². The predicted molar refractivity (Wildman–Crippen MR) is 90.2 cm³/mol. The molecule has 1 heterocycles. The lowest BCUT2D eigenvalue weighted by Gasteiger charge is -2.44. The van der Waals surface area contributed by atoms with E-state index in [0.29, 0.717) is 5.96 Å². The van der Waals surface area contributed by atoms with E-state index in [2.05, 4.69) is 77.9 Å². The summed E-state index contributed by atoms with van der Waals surface area (Å²) in [6.07, 6.45) is -0.461. The van der Waals surface area contributed by atoms with Gasteiger partial charge in [0.15, 0.2) is 6.29 Å². The van der Waals surface area contributed by atoms with E-state index in [-0.39, 0.29) is 16.6 Å². The third kappa shape index (κ3) is 5.53. The van der Waals surface area contributed by atoms with E-state index in [1.54, 1.807) is 0 Å². The Bertz CT molecular complexity index is 431. The second kappa shape index (κ2) is 5.48. The number of hydrogen-bond donors (Lipinski definition) is 3. The van der Waals surface area contributed by atoms with Crippen molar-refractivity contribution in [3.8, 4) is 0 Å². The Hall–Kier alpha value is -1.30. The third-order valence-corrected chi connectivity index (χ3v) is 2.64. The Labute approximate surface area is 129 Å². The maximum atomic E-state index is 6.26. The molecule has 0 radical (unpaired) electrons. The molecular formula is C15H32N6. The van der Waals surface area contributed by atoms with Crippen LogP contribution in [0.3, 0.4) is 0 Å². The van der Waals surface area contributed by atoms with Crippen molar-refractivity contribution in [2.45, 2.75) is 85.2 Å². The maximum Gasteiger partial charge on any atom is 0.204 e. The van der Waals surface area contributed by atoms with Crippen molar-refractivity contribution in [2.24, 2.45) is 15.7 Å². The first kappa shape index (κ1) is 17.8. The summed E-state index contributed by atoms with van der Waals surface area (Å²) in [5, 5.41) is 6.62. The zero-order chi connectivity index (χ0) is 16.6. The molecule has 122 valence electrons. The van der Waals surface area contributed by atoms with E-state index in [4.69, 9.17) is 10.7 Å². The van der Waals surface area contributed by atoms with Crippen LogP contribution in [-0.4, -0.2) is 39.7 Å². The summed E-state index contributed by atoms with van der Waals surface area (Å²) >= 11 is 0. The van der Waals surface area contributed by atoms with Gasteiger partial charge >= 0.3 is 0 Å². The van der Waals surface area contributed by atoms with Crippen LogP contribution in [0.15, 0.2) is 9.98 Å². The van der Waals surface area contributed by atoms with Gasteiger partial charge in [-0.15, -0.1) is 0 Å². The van der Waals surface area contributed by atoms with Crippen LogP contribution >= 0.6 is 0 Å². The number of rotatable bonds is 0. The number of nitrogens with two attached hydrogens (primary N) is 1. The molecule has 1 aliphatic heterocycles. The molecule has 4 N–H and O–H groups in total. The van der Waals surface area contributed by atoms with Gasteiger partial charge in [-0.1, -0.05) is 0 Å². The Balaban J connectivity index is 3.19. The second-order valence-corrected chi connectivity index (χ2v) is 8.54. The molecule has 6 nitrogen and oxygen atoms in total. The average Bonchev–Trinajstić information content (AvgIpc) is 2.06. The van der Waals surface area contributed by atoms with Crippen molar-refractivity contribution < 1.29 is 0 Å². The molecule has 0 fully saturated rings. The molecule has 1 aliphatic rings. The number of hydrogen-bond acceptors (Lipinski definition) is 4. The monoisotopic (exact) mass is 296 g/mol. The second-order valence-electron chi connectivity index (χ2n) is 8.54. The van der Waals surface area contributed by atoms with Crippen molar-refractivity contribution in [3.05, 3.63) is 0 Å². The predicted octanol–water partition coefficient (Wildman–Crippen LogP) is 1.83. The van der Waals surface area contributed by atoms with Crippen molar-refractivity contribution in [1.82, 2.24) is 15.5 Å². The van der Waals surface area contributed by atoms with Crippen molar-refractivity contribution >= 4 is 11.9 Å². The molecule has 0 saturated carbocycles. The first-order chi connectivity index (χ1) is 9.19. The molecule has 0 amide bonds. The third-order valence-electron chi connectivity index (χ3n) is 2.64. The average molecular weight is 296 g/mol. The van der Waals surface area contributed by atoms with E-state index in [9.17, 15) is 0 Å². The molecule has 0 aromatic rings. The Morgan fingerprint density at radius 3 is 2.00 bits per heavy atom. The largest absolute Gasteiger partial charge is 0.351 e. The Morgan fingerprint density at radius 1 is 1.10 bits per heavy atom. The summed E-state index contributed by atoms with van der Waals surface area (Å²) in [4.78, 5) is 11.3. The van der Waals surface area contributed by atoms with Crippen LogP contribution in [0.2, 0.25) is 0 Å². The molecule has 21 heavy (non-hydrogen) atoms. The summed E-state index contributed by atoms with van der Waals surface area (Å²) < 4.78 is 0. The van der Waals surface area contributed by atoms with Crippen LogP contribution in [0.4, 0.5) is 0 Å². The summed E-state index contributed by atoms with van der Waals surface area (Å²) in [6, 6.07) is 0. The minimum absolute atomic E-state index is 0.0949. The molecule has 6 heteroatoms. The zero-order valence-electron chi connectivity index (χ0n) is 15.0. The standard InChI is InChI=1S/C15H32N6/c1-13(2,3)19-11-17-10(16)21(15(7,8)9)12(18-11)20-14(4,5)6/h10H,16H2,1-9H3,(H2,17,18,19,20). The van der Waals surface area contributed by atoms with Gasteiger partial charge in [-0.3, -0.25) is 11.1 Å². The lowest BCUT2D eigenvalue weighted by Crippen LogP contribution is -2.66. The summed E-state index contributed by atoms with van der Waals surface area (Å²) in [5.41, 5.74) is 5.79. The van der Waals surface area contributed by atoms with Gasteiger partial charge in [-0.25, -0.2) is 9.98 Å². The topological polar surface area (TPSA) is 78.0 Å².